The minimum absolute atomic E-state index is 0.0853. The maximum Gasteiger partial charge on any atom is 0.217 e. The van der Waals surface area contributed by atoms with Crippen molar-refractivity contribution >= 4 is 5.91 Å². The molecule has 0 saturated heterocycles. The SMILES string of the molecule is CC.CNC1CCCCC1NC(C)=O. The molecule has 0 heterocycles. The lowest BCUT2D eigenvalue weighted by atomic mass is 9.90. The van der Waals surface area contributed by atoms with Gasteiger partial charge in [0.2, 0.25) is 5.91 Å². The van der Waals surface area contributed by atoms with Crippen LogP contribution in [0.5, 0.6) is 0 Å². The third-order valence-electron chi connectivity index (χ3n) is 2.53. The van der Waals surface area contributed by atoms with Gasteiger partial charge < -0.3 is 10.6 Å². The Labute approximate surface area is 87.6 Å². The number of rotatable bonds is 2. The zero-order valence-corrected chi connectivity index (χ0v) is 9.89. The predicted molar refractivity (Wildman–Crippen MR) is 60.3 cm³/mol. The molecule has 14 heavy (non-hydrogen) atoms. The molecule has 0 aromatic carbocycles. The van der Waals surface area contributed by atoms with Gasteiger partial charge in [-0.1, -0.05) is 26.7 Å². The number of hydrogen-bond donors (Lipinski definition) is 2. The lowest BCUT2D eigenvalue weighted by Gasteiger charge is -2.31. The quantitative estimate of drug-likeness (QED) is 0.712. The molecule has 1 amide bonds. The highest BCUT2D eigenvalue weighted by molar-refractivity contribution is 5.73. The molecule has 1 rings (SSSR count). The van der Waals surface area contributed by atoms with Crippen molar-refractivity contribution in [3.63, 3.8) is 0 Å². The molecular weight excluding hydrogens is 176 g/mol. The Morgan fingerprint density at radius 2 is 1.64 bits per heavy atom. The lowest BCUT2D eigenvalue weighted by molar-refractivity contribution is -0.120. The Kier molecular flexibility index (Phi) is 7.48. The summed E-state index contributed by atoms with van der Waals surface area (Å²) in [5.74, 6) is 0.0853. The van der Waals surface area contributed by atoms with Crippen LogP contribution in [0.1, 0.15) is 46.5 Å². The summed E-state index contributed by atoms with van der Waals surface area (Å²) in [5.41, 5.74) is 0. The highest BCUT2D eigenvalue weighted by atomic mass is 16.1. The van der Waals surface area contributed by atoms with E-state index >= 15 is 0 Å². The number of carbonyl (C=O) groups excluding carboxylic acids is 1. The van der Waals surface area contributed by atoms with Gasteiger partial charge in [-0.15, -0.1) is 0 Å². The summed E-state index contributed by atoms with van der Waals surface area (Å²) in [6.45, 7) is 5.58. The second kappa shape index (κ2) is 7.80. The molecule has 0 aromatic rings. The van der Waals surface area contributed by atoms with Crippen LogP contribution in [0.15, 0.2) is 0 Å². The summed E-state index contributed by atoms with van der Waals surface area (Å²) >= 11 is 0. The molecule has 0 aliphatic heterocycles. The molecule has 3 heteroatoms. The van der Waals surface area contributed by atoms with Crippen molar-refractivity contribution in [2.45, 2.75) is 58.5 Å². The van der Waals surface area contributed by atoms with Gasteiger partial charge in [0.1, 0.15) is 0 Å². The van der Waals surface area contributed by atoms with E-state index in [0.29, 0.717) is 12.1 Å². The van der Waals surface area contributed by atoms with Crippen LogP contribution < -0.4 is 10.6 Å². The van der Waals surface area contributed by atoms with Crippen LogP contribution >= 0.6 is 0 Å². The Morgan fingerprint density at radius 1 is 1.14 bits per heavy atom. The summed E-state index contributed by atoms with van der Waals surface area (Å²) in [7, 11) is 1.96. The van der Waals surface area contributed by atoms with Crippen molar-refractivity contribution in [1.29, 1.82) is 0 Å². The van der Waals surface area contributed by atoms with E-state index in [0.717, 1.165) is 6.42 Å². The summed E-state index contributed by atoms with van der Waals surface area (Å²) < 4.78 is 0. The van der Waals surface area contributed by atoms with Crippen molar-refractivity contribution in [3.05, 3.63) is 0 Å². The molecule has 2 atom stereocenters. The molecule has 1 fully saturated rings. The number of amides is 1. The van der Waals surface area contributed by atoms with Crippen LogP contribution in [-0.4, -0.2) is 25.0 Å². The van der Waals surface area contributed by atoms with E-state index in [2.05, 4.69) is 10.6 Å². The van der Waals surface area contributed by atoms with Crippen LogP contribution in [0.2, 0.25) is 0 Å². The average molecular weight is 200 g/mol. The standard InChI is InChI=1S/C9H18N2O.C2H6/c1-7(12)11-9-6-4-3-5-8(9)10-2;1-2/h8-10H,3-6H2,1-2H3,(H,11,12);1-2H3. The molecular formula is C11H24N2O. The van der Waals surface area contributed by atoms with Crippen molar-refractivity contribution < 1.29 is 4.79 Å². The monoisotopic (exact) mass is 200 g/mol. The van der Waals surface area contributed by atoms with Crippen LogP contribution in [0.25, 0.3) is 0 Å². The maximum absolute atomic E-state index is 10.8. The Bertz CT molecular complexity index is 159. The van der Waals surface area contributed by atoms with Gasteiger partial charge in [-0.25, -0.2) is 0 Å². The molecule has 1 aliphatic rings. The van der Waals surface area contributed by atoms with Gasteiger partial charge >= 0.3 is 0 Å². The maximum atomic E-state index is 10.8. The Balaban J connectivity index is 0.000000791. The number of likely N-dealkylation sites (N-methyl/N-ethyl adjacent to an activating group) is 1. The van der Waals surface area contributed by atoms with Gasteiger partial charge in [-0.2, -0.15) is 0 Å². The van der Waals surface area contributed by atoms with Gasteiger partial charge in [-0.3, -0.25) is 4.79 Å². The second-order valence-corrected chi connectivity index (χ2v) is 3.49. The first-order chi connectivity index (χ1) is 6.74. The first-order valence-electron chi connectivity index (χ1n) is 5.68. The molecule has 0 spiro atoms. The van der Waals surface area contributed by atoms with Gasteiger partial charge in [0.15, 0.2) is 0 Å². The van der Waals surface area contributed by atoms with Gasteiger partial charge in [0.25, 0.3) is 0 Å². The lowest BCUT2D eigenvalue weighted by Crippen LogP contribution is -2.49. The molecule has 1 saturated carbocycles. The first-order valence-corrected chi connectivity index (χ1v) is 5.68. The third-order valence-corrected chi connectivity index (χ3v) is 2.53. The summed E-state index contributed by atoms with van der Waals surface area (Å²) in [4.78, 5) is 10.8. The van der Waals surface area contributed by atoms with Crippen molar-refractivity contribution in [1.82, 2.24) is 10.6 Å². The van der Waals surface area contributed by atoms with Crippen molar-refractivity contribution in [3.8, 4) is 0 Å². The molecule has 2 N–H and O–H groups in total. The minimum Gasteiger partial charge on any atom is -0.352 e. The molecule has 3 nitrogen and oxygen atoms in total. The minimum atomic E-state index is 0.0853. The van der Waals surface area contributed by atoms with E-state index in [4.69, 9.17) is 0 Å². The van der Waals surface area contributed by atoms with E-state index in [1.807, 2.05) is 20.9 Å². The zero-order chi connectivity index (χ0) is 11.0. The zero-order valence-electron chi connectivity index (χ0n) is 9.89. The van der Waals surface area contributed by atoms with E-state index in [1.54, 1.807) is 6.92 Å². The van der Waals surface area contributed by atoms with Gasteiger partial charge in [0.05, 0.1) is 0 Å². The third kappa shape index (κ3) is 4.61. The largest absolute Gasteiger partial charge is 0.352 e. The van der Waals surface area contributed by atoms with Gasteiger partial charge in [-0.05, 0) is 19.9 Å². The molecule has 0 radical (unpaired) electrons. The van der Waals surface area contributed by atoms with E-state index in [1.165, 1.54) is 19.3 Å². The van der Waals surface area contributed by atoms with E-state index in [9.17, 15) is 4.79 Å². The van der Waals surface area contributed by atoms with Crippen LogP contribution in [0.4, 0.5) is 0 Å². The highest BCUT2D eigenvalue weighted by Crippen LogP contribution is 2.17. The molecule has 0 aromatic heterocycles. The van der Waals surface area contributed by atoms with Crippen molar-refractivity contribution in [2.75, 3.05) is 7.05 Å². The van der Waals surface area contributed by atoms with Crippen LogP contribution in [0, 0.1) is 0 Å². The number of hydrogen-bond acceptors (Lipinski definition) is 2. The topological polar surface area (TPSA) is 41.1 Å². The number of carbonyl (C=O) groups is 1. The summed E-state index contributed by atoms with van der Waals surface area (Å²) in [6, 6.07) is 0.823. The molecule has 0 bridgehead atoms. The molecule has 1 aliphatic carbocycles. The fourth-order valence-electron chi connectivity index (χ4n) is 1.91. The molecule has 2 unspecified atom stereocenters. The average Bonchev–Trinajstić information content (AvgIpc) is 2.21. The fourth-order valence-corrected chi connectivity index (χ4v) is 1.91. The highest BCUT2D eigenvalue weighted by Gasteiger charge is 2.23. The van der Waals surface area contributed by atoms with E-state index in [-0.39, 0.29) is 5.91 Å². The Morgan fingerprint density at radius 3 is 2.07 bits per heavy atom. The van der Waals surface area contributed by atoms with E-state index < -0.39 is 0 Å². The molecule has 84 valence electrons. The first kappa shape index (κ1) is 13.4. The Hall–Kier alpha value is -0.570. The van der Waals surface area contributed by atoms with Crippen LogP contribution in [-0.2, 0) is 4.79 Å². The number of nitrogens with one attached hydrogen (secondary N) is 2. The summed E-state index contributed by atoms with van der Waals surface area (Å²) in [6.07, 6.45) is 4.82. The normalized spacial score (nSPS) is 26.0. The predicted octanol–water partition coefficient (Wildman–Crippen LogP) is 1.68. The fraction of sp³-hybridized carbons (Fsp3) is 0.909. The van der Waals surface area contributed by atoms with Crippen LogP contribution in [0.3, 0.4) is 0 Å². The van der Waals surface area contributed by atoms with Crippen molar-refractivity contribution in [2.24, 2.45) is 0 Å². The smallest absolute Gasteiger partial charge is 0.217 e. The second-order valence-electron chi connectivity index (χ2n) is 3.49. The summed E-state index contributed by atoms with van der Waals surface area (Å²) in [5, 5.41) is 6.23. The van der Waals surface area contributed by atoms with Gasteiger partial charge in [0, 0.05) is 19.0 Å².